The van der Waals surface area contributed by atoms with E-state index >= 15 is 0 Å². The zero-order chi connectivity index (χ0) is 96.9. The highest BCUT2D eigenvalue weighted by Crippen LogP contribution is 2.43. The van der Waals surface area contributed by atoms with Gasteiger partial charge in [-0.05, 0) is 0 Å². The molecule has 0 amide bonds. The summed E-state index contributed by atoms with van der Waals surface area (Å²) in [6, 6.07) is 0. The Hall–Kier alpha value is -2.81. The molecule has 0 saturated carbocycles. The number of rotatable bonds is 41. The standard InChI is InChI=1S/C72H112O51S9/c73-33(74)1-9-124-17-25-57-41(88)49(96)65(107-25)116-58-26(18-125-10-2-34(75)76)109-67(51(98)43(58)90)118-60-28(20-127-12-4-36(79)80)111-69(53(100)45(60)92)120-62-30(22-129-14-6-38(83)84)113-71(55(102)47(62)94)122-64-32(24-131-16-8-40(87)123-132(104,105)106)114-72(56(103)48(64)95)121-63-31(23-130-15-7-39(85)86)112-70(54(101)46(63)93)119-61-29(21-128-13-5-37(81)82)110-68(52(99)44(61)91)117-59-27(19-126-11-3-35(77)78)108-66(115-57)50(97)42(59)89/h25-32,41-72,88-103H,1-24H2,(H,73,74)(H,75,76)(H,77,78)(H,79,80)(H,81,82)(H,83,84)(H,85,86)(H,104,105,106)/t25-,26-,27-,28-,29-,30-,31-,32-,41-,42-,43-,44-,45-,46-,47-,48-,49-,50-,51-,52-,53-,54-,55-,56-,57-,58-,59-,60-,61-,62-,63-,64-,65?,66?,67?,68?,69?,70?,71?,72?/m0/s1. The average Bonchev–Trinajstić information content (AvgIpc) is 0.771. The fraction of sp³-hybridized carbons (Fsp3) is 0.889. The van der Waals surface area contributed by atoms with Gasteiger partial charge in [0.1, 0.15) is 146 Å². The van der Waals surface area contributed by atoms with Crippen LogP contribution in [-0.4, -0.2) is 516 Å². The maximum absolute atomic E-state index is 12.5. The minimum Gasteiger partial charge on any atom is -0.481 e. The van der Waals surface area contributed by atoms with E-state index in [1.165, 1.54) is 0 Å². The summed E-state index contributed by atoms with van der Waals surface area (Å²) in [5.74, 6) is -15.5. The Kier molecular flexibility index (Phi) is 46.0. The summed E-state index contributed by atoms with van der Waals surface area (Å²) in [6.45, 7) is 0. The fourth-order valence-electron chi connectivity index (χ4n) is 14.8. The number of carboxylic acids is 7. The van der Waals surface area contributed by atoms with Gasteiger partial charge in [0.25, 0.3) is 0 Å². The molecule has 60 heteroatoms. The van der Waals surface area contributed by atoms with Crippen LogP contribution in [0.1, 0.15) is 51.4 Å². The molecule has 8 unspecified atom stereocenters. The van der Waals surface area contributed by atoms with Gasteiger partial charge in [0.15, 0.2) is 50.3 Å². The van der Waals surface area contributed by atoms with E-state index in [0.29, 0.717) is 11.8 Å². The lowest BCUT2D eigenvalue weighted by molar-refractivity contribution is -0.396. The molecule has 0 radical (unpaired) electrons. The highest BCUT2D eigenvalue weighted by molar-refractivity contribution is 8.00. The number of thioether (sulfide) groups is 8. The van der Waals surface area contributed by atoms with Crippen LogP contribution in [0.2, 0.25) is 0 Å². The molecule has 0 aromatic heterocycles. The van der Waals surface area contributed by atoms with Crippen LogP contribution < -0.4 is 0 Å². The summed E-state index contributed by atoms with van der Waals surface area (Å²) < 4.78 is 136. The van der Waals surface area contributed by atoms with Crippen molar-refractivity contribution in [1.29, 1.82) is 0 Å². The predicted octanol–water partition coefficient (Wildman–Crippen LogP) is -8.42. The molecule has 0 aromatic rings. The topological polar surface area (TPSA) is 813 Å². The maximum Gasteiger partial charge on any atom is 0.448 e. The number of hydrogen-bond acceptors (Lipinski definition) is 51. The third-order valence-corrected chi connectivity index (χ3v) is 30.4. The SMILES string of the molecule is O=C(O)CCSC[C@@H]1OC2O[C@@H]3[C@@H](O)[C@H](O)C(O[C@@H]4[C@@H](O)[C@H](O)C(O[C@@H]5[C@@H](O)[C@H](O)C(O[C@@H]6[C@@H](O)[C@H](O)C(O[C@@H]7[C@@H](O)[C@H](O)C(O[C@@H]8[C@@H](O)[C@H](O)C(O[C@@H]9[C@@H](O)[C@H](O)C(O[C@@H]1[C@@H](O)[C@@H]2O)O[C@H]9CSCCC(=O)O)O[C@H]8CSCCC(=O)O)O[C@H]7CSCCC(=O)O)O[C@H]6CSCCC(=O)OS(=O)(=O)O)O[C@H]5CSCCC(=O)O)O[C@H]4CSCCC(=O)O)O[C@H]3CSCCC(=O)O. The van der Waals surface area contributed by atoms with Gasteiger partial charge >= 0.3 is 58.2 Å². The first kappa shape index (κ1) is 113. The number of aliphatic hydroxyl groups is 16. The first-order valence-electron chi connectivity index (χ1n) is 41.1. The number of carbonyl (C=O) groups excluding carboxylic acids is 1. The highest BCUT2D eigenvalue weighted by atomic mass is 32.3. The maximum atomic E-state index is 12.5. The minimum absolute atomic E-state index is 0.171. The lowest BCUT2D eigenvalue weighted by atomic mass is 9.95. The van der Waals surface area contributed by atoms with Crippen molar-refractivity contribution >= 4 is 152 Å². The Morgan fingerprint density at radius 1 is 0.205 bits per heavy atom. The van der Waals surface area contributed by atoms with Crippen LogP contribution in [0.3, 0.4) is 0 Å². The summed E-state index contributed by atoms with van der Waals surface area (Å²) in [4.78, 5) is 95.1. The molecule has 24 N–H and O–H groups in total. The van der Waals surface area contributed by atoms with Crippen LogP contribution in [0.15, 0.2) is 0 Å². The van der Waals surface area contributed by atoms with Gasteiger partial charge < -0.3 is 197 Å². The average molecular weight is 2080 g/mol. The number of ether oxygens (including phenoxy) is 16. The first-order valence-corrected chi connectivity index (χ1v) is 51.7. The van der Waals surface area contributed by atoms with Crippen LogP contribution in [-0.2, 0) is 129 Å². The molecule has 30 aliphatic heterocycles. The van der Waals surface area contributed by atoms with Gasteiger partial charge in [0.05, 0.1) is 100 Å². The number of aliphatic hydroxyl groups excluding tert-OH is 16. The van der Waals surface area contributed by atoms with Crippen LogP contribution in [0, 0.1) is 0 Å². The Morgan fingerprint density at radius 3 is 0.439 bits per heavy atom. The second-order valence-corrected chi connectivity index (χ2v) is 41.5. The van der Waals surface area contributed by atoms with E-state index < -0.39 is 407 Å². The molecule has 16 bridgehead atoms. The summed E-state index contributed by atoms with van der Waals surface area (Å²) in [7, 11) is -5.34. The third-order valence-electron chi connectivity index (χ3n) is 21.6. The summed E-state index contributed by atoms with van der Waals surface area (Å²) in [5, 5.41) is 263. The molecule has 760 valence electrons. The first-order chi connectivity index (χ1) is 62.4. The lowest BCUT2D eigenvalue weighted by Crippen LogP contribution is -2.69. The highest BCUT2D eigenvalue weighted by Gasteiger charge is 2.61. The van der Waals surface area contributed by atoms with E-state index in [9.17, 15) is 169 Å². The van der Waals surface area contributed by atoms with Crippen LogP contribution in [0.5, 0.6) is 0 Å². The van der Waals surface area contributed by atoms with Crippen molar-refractivity contribution < 1.29 is 249 Å². The van der Waals surface area contributed by atoms with Crippen LogP contribution >= 0.6 is 94.1 Å². The number of hydrogen-bond donors (Lipinski definition) is 24. The van der Waals surface area contributed by atoms with Crippen molar-refractivity contribution in [2.45, 2.75) is 297 Å². The molecule has 0 aromatic carbocycles. The fourth-order valence-corrected chi connectivity index (χ4v) is 23.0. The van der Waals surface area contributed by atoms with Crippen LogP contribution in [0.25, 0.3) is 0 Å². The molecule has 30 heterocycles. The van der Waals surface area contributed by atoms with E-state index in [0.717, 1.165) is 82.3 Å². The third kappa shape index (κ3) is 32.4. The predicted molar refractivity (Wildman–Crippen MR) is 451 cm³/mol. The Bertz CT molecular complexity index is 3490. The molecule has 30 aliphatic rings. The largest absolute Gasteiger partial charge is 0.481 e. The van der Waals surface area contributed by atoms with E-state index in [1.807, 2.05) is 0 Å². The van der Waals surface area contributed by atoms with Crippen molar-refractivity contribution in [1.82, 2.24) is 0 Å². The molecular weight excluding hydrogens is 1970 g/mol. The molecular formula is C72H112O51S9. The molecule has 132 heavy (non-hydrogen) atoms. The quantitative estimate of drug-likeness (QED) is 0.0200. The molecule has 40 atom stereocenters. The Labute approximate surface area is 785 Å². The molecule has 0 spiro atoms. The van der Waals surface area contributed by atoms with Crippen molar-refractivity contribution in [3.63, 3.8) is 0 Å². The van der Waals surface area contributed by atoms with Crippen molar-refractivity contribution in [3.05, 3.63) is 0 Å². The van der Waals surface area contributed by atoms with Gasteiger partial charge in [-0.25, -0.2) is 0 Å². The number of carboxylic acid groups (broad SMARTS) is 7. The summed E-state index contributed by atoms with van der Waals surface area (Å²) in [6.07, 6.45) is -88.2. The summed E-state index contributed by atoms with van der Waals surface area (Å²) in [5.41, 5.74) is 0. The Morgan fingerprint density at radius 2 is 0.326 bits per heavy atom. The molecule has 30 saturated heterocycles. The monoisotopic (exact) mass is 2080 g/mol. The lowest BCUT2D eigenvalue weighted by Gasteiger charge is -2.51. The number of aliphatic carboxylic acids is 7. The van der Waals surface area contributed by atoms with Gasteiger partial charge in [0, 0.05) is 92.0 Å². The van der Waals surface area contributed by atoms with E-state index in [2.05, 4.69) is 4.18 Å². The van der Waals surface area contributed by atoms with Crippen molar-refractivity contribution in [2.24, 2.45) is 0 Å². The van der Waals surface area contributed by atoms with Gasteiger partial charge in [-0.2, -0.15) is 103 Å². The van der Waals surface area contributed by atoms with Gasteiger partial charge in [-0.1, -0.05) is 0 Å². The molecule has 0 aliphatic carbocycles. The van der Waals surface area contributed by atoms with E-state index in [1.54, 1.807) is 0 Å². The number of carbonyl (C=O) groups is 8. The van der Waals surface area contributed by atoms with Crippen LogP contribution in [0.4, 0.5) is 0 Å². The molecule has 51 nitrogen and oxygen atoms in total. The van der Waals surface area contributed by atoms with E-state index in [-0.39, 0.29) is 40.3 Å². The van der Waals surface area contributed by atoms with Gasteiger partial charge in [-0.3, -0.25) is 42.9 Å². The smallest absolute Gasteiger partial charge is 0.448 e. The molecule has 30 rings (SSSR count). The van der Waals surface area contributed by atoms with Crippen molar-refractivity contribution in [3.8, 4) is 0 Å². The second kappa shape index (κ2) is 53.9. The normalized spacial score (nSPS) is 40.7. The molecule has 30 fully saturated rings. The van der Waals surface area contributed by atoms with Gasteiger partial charge in [-0.15, -0.1) is 0 Å². The minimum atomic E-state index is -5.34. The van der Waals surface area contributed by atoms with Crippen molar-refractivity contribution in [2.75, 3.05) is 92.0 Å². The second-order valence-electron chi connectivity index (χ2n) is 31.2. The van der Waals surface area contributed by atoms with Gasteiger partial charge in [0.2, 0.25) is 0 Å². The summed E-state index contributed by atoms with van der Waals surface area (Å²) >= 11 is 6.70. The zero-order valence-corrected chi connectivity index (χ0v) is 76.8. The van der Waals surface area contributed by atoms with E-state index in [4.69, 9.17) is 75.8 Å². The Balaban J connectivity index is 1.12. The zero-order valence-electron chi connectivity index (χ0n) is 69.5.